The molecule has 1 fully saturated rings. The fourth-order valence-electron chi connectivity index (χ4n) is 1.88. The van der Waals surface area contributed by atoms with Gasteiger partial charge in [-0.1, -0.05) is 26.8 Å². The second-order valence-electron chi connectivity index (χ2n) is 7.29. The monoisotopic (exact) mass is 321 g/mol. The van der Waals surface area contributed by atoms with E-state index in [0.717, 1.165) is 25.2 Å². The number of rotatable bonds is 5. The molecular weight excluding hydrogens is 294 g/mol. The summed E-state index contributed by atoms with van der Waals surface area (Å²) in [6, 6.07) is 0. The zero-order chi connectivity index (χ0) is 16.4. The number of nitrogens with one attached hydrogen (secondary N) is 1. The zero-order valence-electron chi connectivity index (χ0n) is 14.3. The fourth-order valence-corrected chi connectivity index (χ4v) is 2.82. The first-order valence-corrected chi connectivity index (χ1v) is 10.8. The van der Waals surface area contributed by atoms with Crippen molar-refractivity contribution in [3.63, 3.8) is 0 Å². The van der Waals surface area contributed by atoms with E-state index in [-0.39, 0.29) is 10.6 Å². The summed E-state index contributed by atoms with van der Waals surface area (Å²) < 4.78 is 6.09. The Balaban J connectivity index is 1.98. The molecule has 1 aromatic heterocycles. The van der Waals surface area contributed by atoms with Crippen LogP contribution in [0, 0.1) is 0 Å². The molecule has 5 nitrogen and oxygen atoms in total. The van der Waals surface area contributed by atoms with Gasteiger partial charge in [0.05, 0.1) is 12.3 Å². The first-order chi connectivity index (χ1) is 10.2. The Hall–Kier alpha value is -1.40. The third-order valence-electron chi connectivity index (χ3n) is 4.58. The smallest absolute Gasteiger partial charge is 0.290 e. The van der Waals surface area contributed by atoms with Crippen LogP contribution in [0.25, 0.3) is 6.08 Å². The van der Waals surface area contributed by atoms with Crippen molar-refractivity contribution in [1.29, 1.82) is 0 Å². The Kier molecular flexibility index (Phi) is 4.92. The first kappa shape index (κ1) is 17.0. The topological polar surface area (TPSA) is 58.2 Å². The highest BCUT2D eigenvalue weighted by Gasteiger charge is 2.36. The van der Waals surface area contributed by atoms with E-state index >= 15 is 0 Å². The van der Waals surface area contributed by atoms with Gasteiger partial charge in [-0.15, -0.1) is 0 Å². The summed E-state index contributed by atoms with van der Waals surface area (Å²) in [5.41, 5.74) is 0.648. The van der Waals surface area contributed by atoms with Gasteiger partial charge in [0.2, 0.25) is 0 Å². The van der Waals surface area contributed by atoms with Crippen molar-refractivity contribution in [3.05, 3.63) is 28.3 Å². The molecule has 0 bridgehead atoms. The van der Waals surface area contributed by atoms with Crippen LogP contribution < -0.4 is 10.5 Å². The van der Waals surface area contributed by atoms with Crippen LogP contribution in [-0.4, -0.2) is 38.0 Å². The maximum absolute atomic E-state index is 11.8. The lowest BCUT2D eigenvalue weighted by Gasteiger charge is -2.35. The molecule has 0 spiro atoms. The SMILES string of the molecule is CC(C)(C)[Si](C)(C)OC/C=C/c1c[nH]c(=O)c(N2CCC2)n1. The average molecular weight is 321 g/mol. The lowest BCUT2D eigenvalue weighted by atomic mass is 10.2. The molecule has 122 valence electrons. The third kappa shape index (κ3) is 3.87. The van der Waals surface area contributed by atoms with Crippen molar-refractivity contribution in [2.75, 3.05) is 24.6 Å². The first-order valence-electron chi connectivity index (χ1n) is 7.86. The Morgan fingerprint density at radius 3 is 2.64 bits per heavy atom. The van der Waals surface area contributed by atoms with E-state index in [9.17, 15) is 4.79 Å². The molecule has 0 saturated carbocycles. The molecule has 1 N–H and O–H groups in total. The van der Waals surface area contributed by atoms with Crippen molar-refractivity contribution in [2.24, 2.45) is 0 Å². The summed E-state index contributed by atoms with van der Waals surface area (Å²) in [6.07, 6.45) is 6.66. The van der Waals surface area contributed by atoms with E-state index in [1.807, 2.05) is 17.1 Å². The molecule has 1 aliphatic rings. The zero-order valence-corrected chi connectivity index (χ0v) is 15.3. The number of aromatic amines is 1. The van der Waals surface area contributed by atoms with Gasteiger partial charge in [-0.05, 0) is 30.6 Å². The van der Waals surface area contributed by atoms with Gasteiger partial charge in [0.1, 0.15) is 0 Å². The van der Waals surface area contributed by atoms with Gasteiger partial charge < -0.3 is 14.3 Å². The van der Waals surface area contributed by atoms with Crippen LogP contribution in [0.1, 0.15) is 32.9 Å². The summed E-state index contributed by atoms with van der Waals surface area (Å²) in [7, 11) is -1.72. The molecule has 2 heterocycles. The lowest BCUT2D eigenvalue weighted by molar-refractivity contribution is 0.328. The average Bonchev–Trinajstić information content (AvgIpc) is 2.35. The number of nitrogens with zero attached hydrogens (tertiary/aromatic N) is 2. The van der Waals surface area contributed by atoms with Gasteiger partial charge in [0.15, 0.2) is 14.1 Å². The van der Waals surface area contributed by atoms with Gasteiger partial charge in [0, 0.05) is 19.3 Å². The summed E-state index contributed by atoms with van der Waals surface area (Å²) in [5, 5.41) is 0.210. The van der Waals surface area contributed by atoms with E-state index in [4.69, 9.17) is 4.43 Å². The third-order valence-corrected chi connectivity index (χ3v) is 9.08. The molecular formula is C16H27N3O2Si. The Morgan fingerprint density at radius 1 is 1.41 bits per heavy atom. The van der Waals surface area contributed by atoms with Crippen LogP contribution in [0.2, 0.25) is 18.1 Å². The number of hydrogen-bond acceptors (Lipinski definition) is 4. The van der Waals surface area contributed by atoms with Crippen molar-refractivity contribution in [1.82, 2.24) is 9.97 Å². The molecule has 0 atom stereocenters. The summed E-state index contributed by atoms with van der Waals surface area (Å²) >= 11 is 0. The summed E-state index contributed by atoms with van der Waals surface area (Å²) in [5.74, 6) is 0.527. The molecule has 0 unspecified atom stereocenters. The van der Waals surface area contributed by atoms with Crippen molar-refractivity contribution in [3.8, 4) is 0 Å². The van der Waals surface area contributed by atoms with Crippen LogP contribution in [0.15, 0.2) is 17.1 Å². The predicted molar refractivity (Wildman–Crippen MR) is 93.9 cm³/mol. The summed E-state index contributed by atoms with van der Waals surface area (Å²) in [6.45, 7) is 13.6. The van der Waals surface area contributed by atoms with Gasteiger partial charge >= 0.3 is 0 Å². The number of H-pyrrole nitrogens is 1. The van der Waals surface area contributed by atoms with E-state index in [1.54, 1.807) is 6.20 Å². The number of hydrogen-bond donors (Lipinski definition) is 1. The molecule has 0 aliphatic carbocycles. The molecule has 0 amide bonds. The highest BCUT2D eigenvalue weighted by molar-refractivity contribution is 6.74. The van der Waals surface area contributed by atoms with E-state index in [2.05, 4.69) is 43.8 Å². The largest absolute Gasteiger partial charge is 0.413 e. The fraction of sp³-hybridized carbons (Fsp3) is 0.625. The lowest BCUT2D eigenvalue weighted by Crippen LogP contribution is -2.41. The normalized spacial score (nSPS) is 16.1. The number of anilines is 1. The van der Waals surface area contributed by atoms with Gasteiger partial charge in [-0.3, -0.25) is 4.79 Å². The minimum atomic E-state index is -1.72. The van der Waals surface area contributed by atoms with Crippen molar-refractivity contribution >= 4 is 20.2 Å². The number of aromatic nitrogens is 2. The standard InChI is InChI=1S/C16H27N3O2Si/c1-16(2,3)22(4,5)21-11-6-8-13-12-17-15(20)14(18-13)19-9-7-10-19/h6,8,12H,7,9-11H2,1-5H3,(H,17,20)/b8-6+. The Labute approximate surface area is 133 Å². The van der Waals surface area contributed by atoms with Crippen LogP contribution in [0.3, 0.4) is 0 Å². The maximum atomic E-state index is 11.8. The highest BCUT2D eigenvalue weighted by Crippen LogP contribution is 2.36. The van der Waals surface area contributed by atoms with Gasteiger partial charge in [-0.2, -0.15) is 0 Å². The maximum Gasteiger partial charge on any atom is 0.290 e. The molecule has 1 saturated heterocycles. The van der Waals surface area contributed by atoms with Crippen molar-refractivity contribution < 1.29 is 4.43 Å². The van der Waals surface area contributed by atoms with E-state index < -0.39 is 8.32 Å². The Bertz CT molecular complexity index is 598. The molecule has 0 radical (unpaired) electrons. The highest BCUT2D eigenvalue weighted by atomic mass is 28.4. The second-order valence-corrected chi connectivity index (χ2v) is 12.1. The van der Waals surface area contributed by atoms with E-state index in [0.29, 0.717) is 12.4 Å². The summed E-state index contributed by atoms with van der Waals surface area (Å²) in [4.78, 5) is 21.0. The minimum Gasteiger partial charge on any atom is -0.413 e. The Morgan fingerprint density at radius 2 is 2.09 bits per heavy atom. The molecule has 2 rings (SSSR count). The molecule has 1 aliphatic heterocycles. The predicted octanol–water partition coefficient (Wildman–Crippen LogP) is 3.02. The van der Waals surface area contributed by atoms with Crippen molar-refractivity contribution in [2.45, 2.75) is 45.3 Å². The van der Waals surface area contributed by atoms with Crippen LogP contribution in [0.4, 0.5) is 5.82 Å². The molecule has 1 aromatic rings. The van der Waals surface area contributed by atoms with Crippen LogP contribution >= 0.6 is 0 Å². The van der Waals surface area contributed by atoms with Gasteiger partial charge in [-0.25, -0.2) is 4.98 Å². The van der Waals surface area contributed by atoms with Crippen LogP contribution in [0.5, 0.6) is 0 Å². The van der Waals surface area contributed by atoms with Gasteiger partial charge in [0.25, 0.3) is 5.56 Å². The molecule has 6 heteroatoms. The van der Waals surface area contributed by atoms with E-state index in [1.165, 1.54) is 0 Å². The second kappa shape index (κ2) is 6.38. The molecule has 0 aromatic carbocycles. The van der Waals surface area contributed by atoms with Crippen LogP contribution in [-0.2, 0) is 4.43 Å². The minimum absolute atomic E-state index is 0.116. The molecule has 22 heavy (non-hydrogen) atoms. The quantitative estimate of drug-likeness (QED) is 0.847.